The van der Waals surface area contributed by atoms with Crippen molar-refractivity contribution in [3.05, 3.63) is 0 Å². The first-order chi connectivity index (χ1) is 8.87. The van der Waals surface area contributed by atoms with Gasteiger partial charge in [-0.25, -0.2) is 0 Å². The zero-order valence-corrected chi connectivity index (χ0v) is 15.7. The van der Waals surface area contributed by atoms with Crippen LogP contribution in [0.15, 0.2) is 0 Å². The smallest absolute Gasteiger partial charge is 0.419 e. The third kappa shape index (κ3) is 4.62. The topological polar surface area (TPSA) is 49.0 Å². The first kappa shape index (κ1) is 19.2. The number of hydrogen-bond donors (Lipinski definition) is 1. The molecule has 116 valence electrons. The van der Waals surface area contributed by atoms with Gasteiger partial charge in [0.25, 0.3) is 0 Å². The van der Waals surface area contributed by atoms with Gasteiger partial charge in [-0.1, -0.05) is 13.8 Å². The van der Waals surface area contributed by atoms with Gasteiger partial charge in [-0.15, -0.1) is 0 Å². The molecule has 0 aromatic carbocycles. The Morgan fingerprint density at radius 2 is 1.21 bits per heavy atom. The van der Waals surface area contributed by atoms with Crippen LogP contribution in [0.3, 0.4) is 0 Å². The molecule has 0 aliphatic rings. The fraction of sp³-hybridized carbons (Fsp3) is 1.00. The Morgan fingerprint density at radius 3 is 1.47 bits per heavy atom. The van der Waals surface area contributed by atoms with Crippen molar-refractivity contribution in [2.75, 3.05) is 28.4 Å². The molecule has 0 fully saturated rings. The van der Waals surface area contributed by atoms with Crippen molar-refractivity contribution in [3.63, 3.8) is 0 Å². The van der Waals surface area contributed by atoms with E-state index in [-0.39, 0.29) is 5.67 Å². The second-order valence-corrected chi connectivity index (χ2v) is 12.6. The maximum Gasteiger partial charge on any atom is 0.517 e. The lowest BCUT2D eigenvalue weighted by molar-refractivity contribution is 0.105. The van der Waals surface area contributed by atoms with Gasteiger partial charge in [-0.3, -0.25) is 0 Å². The molecule has 0 rings (SSSR count). The third-order valence-corrected chi connectivity index (χ3v) is 10.3. The molecular weight excluding hydrogens is 278 g/mol. The van der Waals surface area contributed by atoms with Crippen LogP contribution in [-0.2, 0) is 17.7 Å². The first-order valence-corrected chi connectivity index (χ1v) is 11.6. The van der Waals surface area contributed by atoms with E-state index >= 15 is 0 Å². The Bertz CT molecular complexity index is 242. The van der Waals surface area contributed by atoms with E-state index in [1.807, 2.05) is 0 Å². The number of rotatable bonds is 10. The molecule has 2 unspecified atom stereocenters. The van der Waals surface area contributed by atoms with E-state index in [2.05, 4.69) is 32.3 Å². The summed E-state index contributed by atoms with van der Waals surface area (Å²) < 4.78 is 22.5. The lowest BCUT2D eigenvalue weighted by atomic mass is 10.4. The van der Waals surface area contributed by atoms with Crippen LogP contribution in [0, 0.1) is 0 Å². The summed E-state index contributed by atoms with van der Waals surface area (Å²) in [6.45, 7) is 8.73. The van der Waals surface area contributed by atoms with Crippen molar-refractivity contribution >= 4 is 17.1 Å². The molecule has 0 amide bonds. The van der Waals surface area contributed by atoms with Gasteiger partial charge in [0.15, 0.2) is 0 Å². The van der Waals surface area contributed by atoms with Crippen molar-refractivity contribution in [2.24, 2.45) is 0 Å². The molecule has 19 heavy (non-hydrogen) atoms. The molecular formula is C12H31NO4Si2. The van der Waals surface area contributed by atoms with Crippen LogP contribution in [0.25, 0.3) is 0 Å². The molecule has 0 saturated heterocycles. The Labute approximate surface area is 120 Å². The van der Waals surface area contributed by atoms with Crippen molar-refractivity contribution in [1.29, 1.82) is 0 Å². The minimum atomic E-state index is -2.66. The Morgan fingerprint density at radius 1 is 0.789 bits per heavy atom. The Kier molecular flexibility index (Phi) is 8.61. The van der Waals surface area contributed by atoms with Gasteiger partial charge in [0.2, 0.25) is 8.32 Å². The monoisotopic (exact) mass is 309 g/mol. The van der Waals surface area contributed by atoms with E-state index in [1.165, 1.54) is 0 Å². The SMILES string of the molecule is CCC(NC(CC)[Si](OC)(OC)OC)[Si](C)(C)OC. The Hall–Kier alpha value is 0.234. The molecule has 0 bridgehead atoms. The highest BCUT2D eigenvalue weighted by atomic mass is 28.4. The molecule has 2 atom stereocenters. The average molecular weight is 310 g/mol. The summed E-state index contributed by atoms with van der Waals surface area (Å²) in [7, 11) is 2.35. The van der Waals surface area contributed by atoms with E-state index in [4.69, 9.17) is 17.7 Å². The molecule has 7 heteroatoms. The van der Waals surface area contributed by atoms with E-state index in [0.29, 0.717) is 5.67 Å². The van der Waals surface area contributed by atoms with Gasteiger partial charge < -0.3 is 23.0 Å². The number of hydrogen-bond acceptors (Lipinski definition) is 5. The van der Waals surface area contributed by atoms with E-state index < -0.39 is 17.1 Å². The summed E-state index contributed by atoms with van der Waals surface area (Å²) in [5, 5.41) is 3.66. The molecule has 1 N–H and O–H groups in total. The maximum atomic E-state index is 5.72. The minimum absolute atomic E-state index is 0.0828. The maximum absolute atomic E-state index is 5.72. The van der Waals surface area contributed by atoms with E-state index in [0.717, 1.165) is 12.8 Å². The summed E-state index contributed by atoms with van der Waals surface area (Å²) in [5.41, 5.74) is 0.425. The molecule has 0 aliphatic carbocycles. The van der Waals surface area contributed by atoms with Crippen molar-refractivity contribution in [1.82, 2.24) is 5.32 Å². The third-order valence-electron chi connectivity index (χ3n) is 3.86. The highest BCUT2D eigenvalue weighted by Crippen LogP contribution is 2.19. The lowest BCUT2D eigenvalue weighted by Gasteiger charge is -2.38. The van der Waals surface area contributed by atoms with Crippen LogP contribution in [0.1, 0.15) is 26.7 Å². The van der Waals surface area contributed by atoms with Crippen LogP contribution in [-0.4, -0.2) is 56.9 Å². The molecule has 0 heterocycles. The molecule has 0 aliphatic heterocycles. The zero-order valence-electron chi connectivity index (χ0n) is 13.7. The summed E-state index contributed by atoms with van der Waals surface area (Å²) in [6, 6.07) is 0. The summed E-state index contributed by atoms with van der Waals surface area (Å²) >= 11 is 0. The predicted molar refractivity (Wildman–Crippen MR) is 82.6 cm³/mol. The number of nitrogens with one attached hydrogen (secondary N) is 1. The fourth-order valence-electron chi connectivity index (χ4n) is 2.34. The van der Waals surface area contributed by atoms with E-state index in [1.54, 1.807) is 28.4 Å². The van der Waals surface area contributed by atoms with Crippen LogP contribution < -0.4 is 5.32 Å². The van der Waals surface area contributed by atoms with E-state index in [9.17, 15) is 0 Å². The second-order valence-electron chi connectivity index (χ2n) is 5.11. The molecule has 0 aromatic rings. The Balaban J connectivity index is 5.06. The van der Waals surface area contributed by atoms with Crippen molar-refractivity contribution in [2.45, 2.75) is 51.1 Å². The predicted octanol–water partition coefficient (Wildman–Crippen LogP) is 1.94. The van der Waals surface area contributed by atoms with Gasteiger partial charge >= 0.3 is 8.80 Å². The zero-order chi connectivity index (χ0) is 15.1. The van der Waals surface area contributed by atoms with Crippen molar-refractivity contribution < 1.29 is 17.7 Å². The summed E-state index contributed by atoms with van der Waals surface area (Å²) in [4.78, 5) is 0. The molecule has 0 spiro atoms. The summed E-state index contributed by atoms with van der Waals surface area (Å²) in [5.74, 6) is 0. The average Bonchev–Trinajstić information content (AvgIpc) is 2.43. The molecule has 0 radical (unpaired) electrons. The van der Waals surface area contributed by atoms with Crippen LogP contribution in [0.5, 0.6) is 0 Å². The van der Waals surface area contributed by atoms with Gasteiger partial charge in [-0.2, -0.15) is 0 Å². The van der Waals surface area contributed by atoms with Crippen molar-refractivity contribution in [3.8, 4) is 0 Å². The normalized spacial score (nSPS) is 16.4. The second kappa shape index (κ2) is 8.50. The molecule has 0 aromatic heterocycles. The quantitative estimate of drug-likeness (QED) is 0.625. The molecule has 0 saturated carbocycles. The lowest BCUT2D eigenvalue weighted by Crippen LogP contribution is -2.65. The minimum Gasteiger partial charge on any atom is -0.419 e. The molecule has 5 nitrogen and oxygen atoms in total. The van der Waals surface area contributed by atoms with Gasteiger partial charge in [0.05, 0.1) is 5.67 Å². The van der Waals surface area contributed by atoms with Gasteiger partial charge in [0.1, 0.15) is 0 Å². The first-order valence-electron chi connectivity index (χ1n) is 6.83. The van der Waals surface area contributed by atoms with Crippen LogP contribution in [0.4, 0.5) is 0 Å². The summed E-state index contributed by atoms with van der Waals surface area (Å²) in [6.07, 6.45) is 1.91. The highest BCUT2D eigenvalue weighted by Gasteiger charge is 2.48. The van der Waals surface area contributed by atoms with Crippen LogP contribution in [0.2, 0.25) is 13.1 Å². The highest BCUT2D eigenvalue weighted by molar-refractivity contribution is 6.73. The van der Waals surface area contributed by atoms with Gasteiger partial charge in [-0.05, 0) is 25.9 Å². The largest absolute Gasteiger partial charge is 0.517 e. The van der Waals surface area contributed by atoms with Crippen LogP contribution >= 0.6 is 0 Å². The standard InChI is InChI=1S/C12H31NO4Si2/c1-9-11(18(7,8)14-3)13-12(10-2)19(15-4,16-5)17-6/h11-13H,9-10H2,1-8H3. The van der Waals surface area contributed by atoms with Gasteiger partial charge in [0, 0.05) is 34.1 Å². The fourth-order valence-corrected chi connectivity index (χ4v) is 6.64.